The Hall–Kier alpha value is -0.550. The lowest BCUT2D eigenvalue weighted by molar-refractivity contribution is 0.287. The molecule has 0 aliphatic rings. The van der Waals surface area contributed by atoms with Gasteiger partial charge in [-0.25, -0.2) is 0 Å². The molecule has 1 unspecified atom stereocenters. The minimum Gasteiger partial charge on any atom is -0.294 e. The van der Waals surface area contributed by atoms with Crippen LogP contribution in [0.5, 0.6) is 0 Å². The lowest BCUT2D eigenvalue weighted by Crippen LogP contribution is -2.30. The molecule has 0 saturated carbocycles. The van der Waals surface area contributed by atoms with Gasteiger partial charge in [0, 0.05) is 0 Å². The lowest BCUT2D eigenvalue weighted by Gasteiger charge is -2.19. The van der Waals surface area contributed by atoms with Gasteiger partial charge in [-0.15, -0.1) is 0 Å². The van der Waals surface area contributed by atoms with Gasteiger partial charge in [0.05, 0.1) is 12.1 Å². The molecule has 0 radical (unpaired) electrons. The van der Waals surface area contributed by atoms with Crippen LogP contribution in [-0.2, 0) is 0 Å². The van der Waals surface area contributed by atoms with E-state index in [0.717, 1.165) is 0 Å². The van der Waals surface area contributed by atoms with Gasteiger partial charge >= 0.3 is 0 Å². The highest BCUT2D eigenvalue weighted by atomic mass is 15.1. The van der Waals surface area contributed by atoms with E-state index >= 15 is 0 Å². The highest BCUT2D eigenvalue weighted by Gasteiger charge is 2.13. The summed E-state index contributed by atoms with van der Waals surface area (Å²) in [5.74, 6) is 0.421. The van der Waals surface area contributed by atoms with Crippen LogP contribution in [0.15, 0.2) is 0 Å². The quantitative estimate of drug-likeness (QED) is 0.554. The minimum atomic E-state index is 0.0602. The Kier molecular flexibility index (Phi) is 3.26. The summed E-state index contributed by atoms with van der Waals surface area (Å²) in [4.78, 5) is 1.94. The van der Waals surface area contributed by atoms with Crippen LogP contribution in [0.25, 0.3) is 0 Å². The van der Waals surface area contributed by atoms with Gasteiger partial charge in [-0.3, -0.25) is 4.90 Å². The second-order valence-corrected chi connectivity index (χ2v) is 2.78. The van der Waals surface area contributed by atoms with E-state index < -0.39 is 0 Å². The van der Waals surface area contributed by atoms with E-state index in [1.165, 1.54) is 0 Å². The van der Waals surface area contributed by atoms with Crippen LogP contribution >= 0.6 is 0 Å². The van der Waals surface area contributed by atoms with Gasteiger partial charge in [0.15, 0.2) is 0 Å². The summed E-state index contributed by atoms with van der Waals surface area (Å²) in [6.45, 7) is 4.10. The Morgan fingerprint density at radius 2 is 1.78 bits per heavy atom. The average Bonchev–Trinajstić information content (AvgIpc) is 1.64. The van der Waals surface area contributed by atoms with Crippen molar-refractivity contribution in [3.8, 4) is 6.07 Å². The number of hydrogen-bond donors (Lipinski definition) is 0. The fraction of sp³-hybridized carbons (Fsp3) is 0.857. The summed E-state index contributed by atoms with van der Waals surface area (Å²) in [6.07, 6.45) is 0. The van der Waals surface area contributed by atoms with Crippen LogP contribution < -0.4 is 0 Å². The summed E-state index contributed by atoms with van der Waals surface area (Å²) in [7, 11) is 3.85. The normalized spacial score (nSPS) is 13.9. The van der Waals surface area contributed by atoms with Gasteiger partial charge in [0.25, 0.3) is 0 Å². The molecule has 0 aromatic rings. The molecule has 52 valence electrons. The van der Waals surface area contributed by atoms with Crippen LogP contribution in [-0.4, -0.2) is 25.0 Å². The predicted molar refractivity (Wildman–Crippen MR) is 37.9 cm³/mol. The summed E-state index contributed by atoms with van der Waals surface area (Å²) in [6, 6.07) is 2.29. The van der Waals surface area contributed by atoms with Crippen LogP contribution in [0.2, 0.25) is 0 Å². The molecule has 0 aliphatic carbocycles. The molecule has 0 N–H and O–H groups in total. The number of nitrogens with zero attached hydrogens (tertiary/aromatic N) is 2. The molecule has 2 heteroatoms. The third-order valence-electron chi connectivity index (χ3n) is 1.32. The first kappa shape index (κ1) is 8.45. The SMILES string of the molecule is CC(C)C(C#N)N(C)C. The molecule has 0 saturated heterocycles. The van der Waals surface area contributed by atoms with Crippen molar-refractivity contribution in [2.75, 3.05) is 14.1 Å². The van der Waals surface area contributed by atoms with Gasteiger partial charge in [0.1, 0.15) is 0 Å². The van der Waals surface area contributed by atoms with E-state index in [-0.39, 0.29) is 6.04 Å². The number of nitriles is 1. The van der Waals surface area contributed by atoms with Crippen molar-refractivity contribution in [1.82, 2.24) is 4.90 Å². The Morgan fingerprint density at radius 3 is 1.78 bits per heavy atom. The molecule has 0 amide bonds. The Balaban J connectivity index is 3.87. The molecule has 0 aromatic carbocycles. The van der Waals surface area contributed by atoms with Crippen molar-refractivity contribution >= 4 is 0 Å². The van der Waals surface area contributed by atoms with Crippen LogP contribution in [0.1, 0.15) is 13.8 Å². The van der Waals surface area contributed by atoms with Crippen molar-refractivity contribution in [2.24, 2.45) is 5.92 Å². The van der Waals surface area contributed by atoms with E-state index in [2.05, 4.69) is 6.07 Å². The van der Waals surface area contributed by atoms with E-state index in [0.29, 0.717) is 5.92 Å². The second kappa shape index (κ2) is 3.47. The first-order chi connectivity index (χ1) is 4.09. The maximum atomic E-state index is 8.58. The fourth-order valence-electron chi connectivity index (χ4n) is 0.861. The van der Waals surface area contributed by atoms with Gasteiger partial charge < -0.3 is 0 Å². The molecular formula is C7H14N2. The van der Waals surface area contributed by atoms with Crippen molar-refractivity contribution in [3.05, 3.63) is 0 Å². The molecule has 0 heterocycles. The third-order valence-corrected chi connectivity index (χ3v) is 1.32. The first-order valence-corrected chi connectivity index (χ1v) is 3.15. The summed E-state index contributed by atoms with van der Waals surface area (Å²) < 4.78 is 0. The Bertz CT molecular complexity index is 103. The molecule has 2 nitrogen and oxygen atoms in total. The lowest BCUT2D eigenvalue weighted by atomic mass is 10.1. The molecule has 0 spiro atoms. The Morgan fingerprint density at radius 1 is 1.33 bits per heavy atom. The predicted octanol–water partition coefficient (Wildman–Crippen LogP) is 1.10. The topological polar surface area (TPSA) is 27.0 Å². The largest absolute Gasteiger partial charge is 0.294 e. The van der Waals surface area contributed by atoms with Crippen molar-refractivity contribution < 1.29 is 0 Å². The molecule has 0 aliphatic heterocycles. The minimum absolute atomic E-state index is 0.0602. The maximum Gasteiger partial charge on any atom is 0.0996 e. The van der Waals surface area contributed by atoms with E-state index in [4.69, 9.17) is 5.26 Å². The van der Waals surface area contributed by atoms with E-state index in [1.807, 2.05) is 32.8 Å². The molecule has 0 fully saturated rings. The van der Waals surface area contributed by atoms with Gasteiger partial charge in [-0.05, 0) is 20.0 Å². The van der Waals surface area contributed by atoms with Gasteiger partial charge in [-0.2, -0.15) is 5.26 Å². The van der Waals surface area contributed by atoms with Crippen LogP contribution in [0, 0.1) is 17.2 Å². The smallest absolute Gasteiger partial charge is 0.0996 e. The maximum absolute atomic E-state index is 8.58. The van der Waals surface area contributed by atoms with Crippen molar-refractivity contribution in [2.45, 2.75) is 19.9 Å². The molecular weight excluding hydrogens is 112 g/mol. The van der Waals surface area contributed by atoms with Gasteiger partial charge in [0.2, 0.25) is 0 Å². The molecule has 9 heavy (non-hydrogen) atoms. The average molecular weight is 126 g/mol. The molecule has 1 atom stereocenters. The van der Waals surface area contributed by atoms with Crippen molar-refractivity contribution in [3.63, 3.8) is 0 Å². The van der Waals surface area contributed by atoms with E-state index in [9.17, 15) is 0 Å². The van der Waals surface area contributed by atoms with Crippen LogP contribution in [0.3, 0.4) is 0 Å². The van der Waals surface area contributed by atoms with Gasteiger partial charge in [-0.1, -0.05) is 13.8 Å². The van der Waals surface area contributed by atoms with E-state index in [1.54, 1.807) is 0 Å². The summed E-state index contributed by atoms with van der Waals surface area (Å²) in [5.41, 5.74) is 0. The fourth-order valence-corrected chi connectivity index (χ4v) is 0.861. The summed E-state index contributed by atoms with van der Waals surface area (Å²) >= 11 is 0. The highest BCUT2D eigenvalue weighted by molar-refractivity contribution is 4.91. The number of hydrogen-bond acceptors (Lipinski definition) is 2. The molecule has 0 bridgehead atoms. The zero-order valence-corrected chi connectivity index (χ0v) is 6.55. The number of rotatable bonds is 2. The molecule has 0 aromatic heterocycles. The second-order valence-electron chi connectivity index (χ2n) is 2.78. The third kappa shape index (κ3) is 2.48. The first-order valence-electron chi connectivity index (χ1n) is 3.15. The highest BCUT2D eigenvalue weighted by Crippen LogP contribution is 2.04. The zero-order valence-electron chi connectivity index (χ0n) is 6.55. The Labute approximate surface area is 57.1 Å². The molecule has 0 rings (SSSR count). The van der Waals surface area contributed by atoms with Crippen LogP contribution in [0.4, 0.5) is 0 Å². The van der Waals surface area contributed by atoms with Crippen molar-refractivity contribution in [1.29, 1.82) is 5.26 Å². The summed E-state index contributed by atoms with van der Waals surface area (Å²) in [5, 5.41) is 8.58. The standard InChI is InChI=1S/C7H14N2/c1-6(2)7(5-8)9(3)4/h6-7H,1-4H3. The zero-order chi connectivity index (χ0) is 7.44. The monoisotopic (exact) mass is 126 g/mol.